The number of aliphatic hydroxyl groups excluding tert-OH is 3. The van der Waals surface area contributed by atoms with Crippen molar-refractivity contribution in [1.29, 1.82) is 0 Å². The molecule has 0 spiro atoms. The van der Waals surface area contributed by atoms with Gasteiger partial charge in [-0.15, -0.1) is 0 Å². The van der Waals surface area contributed by atoms with E-state index in [1.165, 1.54) is 0 Å². The average Bonchev–Trinajstić information content (AvgIpc) is 2.57. The lowest BCUT2D eigenvalue weighted by Crippen LogP contribution is -2.25. The van der Waals surface area contributed by atoms with Gasteiger partial charge < -0.3 is 15.3 Å². The van der Waals surface area contributed by atoms with Crippen LogP contribution in [-0.4, -0.2) is 21.4 Å². The number of aryl methyl sites for hydroxylation is 1. The van der Waals surface area contributed by atoms with Crippen molar-refractivity contribution in [3.8, 4) is 0 Å². The second-order valence-electron chi connectivity index (χ2n) is 6.02. The second kappa shape index (κ2) is 5.06. The van der Waals surface area contributed by atoms with Crippen molar-refractivity contribution in [2.24, 2.45) is 0 Å². The molecule has 0 bridgehead atoms. The highest BCUT2D eigenvalue weighted by Gasteiger charge is 2.27. The third kappa shape index (κ3) is 1.87. The van der Waals surface area contributed by atoms with Crippen LogP contribution in [0.15, 0.2) is 42.5 Å². The van der Waals surface area contributed by atoms with Gasteiger partial charge in [0, 0.05) is 0 Å². The summed E-state index contributed by atoms with van der Waals surface area (Å²) in [7, 11) is 0. The zero-order valence-electron chi connectivity index (χ0n) is 12.2. The first-order chi connectivity index (χ1) is 10.7. The van der Waals surface area contributed by atoms with Gasteiger partial charge in [0.2, 0.25) is 0 Å². The van der Waals surface area contributed by atoms with Crippen molar-refractivity contribution in [2.45, 2.75) is 31.7 Å². The van der Waals surface area contributed by atoms with E-state index in [4.69, 9.17) is 0 Å². The van der Waals surface area contributed by atoms with Crippen molar-refractivity contribution < 1.29 is 15.3 Å². The van der Waals surface area contributed by atoms with Gasteiger partial charge in [-0.1, -0.05) is 36.4 Å². The fourth-order valence-corrected chi connectivity index (χ4v) is 3.68. The number of benzene rings is 3. The van der Waals surface area contributed by atoms with E-state index in [-0.39, 0.29) is 6.61 Å². The predicted molar refractivity (Wildman–Crippen MR) is 86.7 cm³/mol. The number of hydrogen-bond acceptors (Lipinski definition) is 3. The van der Waals surface area contributed by atoms with Crippen molar-refractivity contribution in [3.63, 3.8) is 0 Å². The summed E-state index contributed by atoms with van der Waals surface area (Å²) in [5, 5.41) is 34.2. The lowest BCUT2D eigenvalue weighted by Gasteiger charge is -2.28. The molecule has 0 aliphatic heterocycles. The van der Waals surface area contributed by atoms with Crippen LogP contribution in [0.5, 0.6) is 0 Å². The van der Waals surface area contributed by atoms with Crippen LogP contribution in [0.2, 0.25) is 0 Å². The Balaban J connectivity index is 2.11. The summed E-state index contributed by atoms with van der Waals surface area (Å²) >= 11 is 0. The Kier molecular flexibility index (Phi) is 3.15. The maximum Gasteiger partial charge on any atom is 0.105 e. The van der Waals surface area contributed by atoms with Crippen LogP contribution in [0.4, 0.5) is 0 Å². The van der Waals surface area contributed by atoms with E-state index in [9.17, 15) is 15.3 Å². The van der Waals surface area contributed by atoms with Crippen LogP contribution < -0.4 is 0 Å². The van der Waals surface area contributed by atoms with Crippen LogP contribution in [0.3, 0.4) is 0 Å². The normalized spacial score (nSPS) is 21.2. The molecule has 3 aromatic carbocycles. The fourth-order valence-electron chi connectivity index (χ4n) is 3.68. The maximum atomic E-state index is 10.2. The molecule has 0 fully saturated rings. The van der Waals surface area contributed by atoms with Gasteiger partial charge in [0.25, 0.3) is 0 Å². The Morgan fingerprint density at radius 1 is 0.909 bits per heavy atom. The Morgan fingerprint density at radius 2 is 1.64 bits per heavy atom. The van der Waals surface area contributed by atoms with Crippen LogP contribution in [0, 0.1) is 0 Å². The molecule has 0 saturated carbocycles. The molecule has 3 nitrogen and oxygen atoms in total. The number of fused-ring (bicyclic) bond motifs is 5. The molecule has 1 aliphatic rings. The molecule has 0 aromatic heterocycles. The van der Waals surface area contributed by atoms with Gasteiger partial charge in [-0.25, -0.2) is 0 Å². The summed E-state index contributed by atoms with van der Waals surface area (Å²) in [5.41, 5.74) is 2.80. The topological polar surface area (TPSA) is 60.7 Å². The molecule has 0 radical (unpaired) electrons. The molecule has 0 saturated heterocycles. The summed E-state index contributed by atoms with van der Waals surface area (Å²) in [6, 6.07) is 14.0. The zero-order valence-corrected chi connectivity index (χ0v) is 12.2. The van der Waals surface area contributed by atoms with Crippen LogP contribution >= 0.6 is 0 Å². The summed E-state index contributed by atoms with van der Waals surface area (Å²) in [5.74, 6) is 0. The third-order valence-corrected chi connectivity index (χ3v) is 4.82. The first kappa shape index (κ1) is 13.7. The van der Waals surface area contributed by atoms with Gasteiger partial charge in [0.15, 0.2) is 0 Å². The summed E-state index contributed by atoms with van der Waals surface area (Å²) in [4.78, 5) is 0. The van der Waals surface area contributed by atoms with Gasteiger partial charge in [0.05, 0.1) is 12.7 Å². The van der Waals surface area contributed by atoms with E-state index in [0.29, 0.717) is 6.42 Å². The molecule has 0 amide bonds. The van der Waals surface area contributed by atoms with Crippen molar-refractivity contribution in [2.75, 3.05) is 0 Å². The molecule has 112 valence electrons. The third-order valence-electron chi connectivity index (χ3n) is 4.82. The number of rotatable bonds is 1. The minimum absolute atomic E-state index is 0.00863. The van der Waals surface area contributed by atoms with E-state index in [2.05, 4.69) is 6.07 Å². The fraction of sp³-hybridized carbons (Fsp3) is 0.263. The van der Waals surface area contributed by atoms with Crippen molar-refractivity contribution in [3.05, 3.63) is 59.2 Å². The van der Waals surface area contributed by atoms with Crippen molar-refractivity contribution in [1.82, 2.24) is 0 Å². The highest BCUT2D eigenvalue weighted by atomic mass is 16.3. The largest absolute Gasteiger partial charge is 0.392 e. The molecular weight excluding hydrogens is 276 g/mol. The van der Waals surface area contributed by atoms with Gasteiger partial charge in [0.1, 0.15) is 6.10 Å². The first-order valence-corrected chi connectivity index (χ1v) is 7.64. The molecule has 3 N–H and O–H groups in total. The minimum Gasteiger partial charge on any atom is -0.392 e. The molecule has 4 rings (SSSR count). The minimum atomic E-state index is -0.822. The smallest absolute Gasteiger partial charge is 0.105 e. The van der Waals surface area contributed by atoms with Gasteiger partial charge >= 0.3 is 0 Å². The molecule has 3 aromatic rings. The summed E-state index contributed by atoms with van der Waals surface area (Å²) in [6.07, 6.45) is -0.206. The lowest BCUT2D eigenvalue weighted by molar-refractivity contribution is 0.00675. The standard InChI is InChI=1S/C19H18O3/c20-10-11-9-17-14(13-4-2-1-3-12(11)13)5-6-16-15(17)7-8-18(21)19(16)22/h1-6,9,18-22H,7-8,10H2. The molecule has 3 heteroatoms. The Labute approximate surface area is 128 Å². The van der Waals surface area contributed by atoms with Crippen LogP contribution in [0.1, 0.15) is 29.2 Å². The highest BCUT2D eigenvalue weighted by molar-refractivity contribution is 6.10. The Morgan fingerprint density at radius 3 is 2.41 bits per heavy atom. The Hall–Kier alpha value is -1.94. The quantitative estimate of drug-likeness (QED) is 0.605. The lowest BCUT2D eigenvalue weighted by atomic mass is 9.83. The zero-order chi connectivity index (χ0) is 15.3. The predicted octanol–water partition coefficient (Wildman–Crippen LogP) is 2.83. The van der Waals surface area contributed by atoms with E-state index >= 15 is 0 Å². The molecule has 2 unspecified atom stereocenters. The van der Waals surface area contributed by atoms with E-state index in [1.54, 1.807) is 0 Å². The average molecular weight is 294 g/mol. The Bertz CT molecular complexity index is 869. The van der Waals surface area contributed by atoms with E-state index in [1.807, 2.05) is 36.4 Å². The van der Waals surface area contributed by atoms with Gasteiger partial charge in [-0.2, -0.15) is 0 Å². The van der Waals surface area contributed by atoms with Crippen LogP contribution in [0.25, 0.3) is 21.5 Å². The van der Waals surface area contributed by atoms with Gasteiger partial charge in [-0.05, 0) is 57.1 Å². The molecule has 1 aliphatic carbocycles. The van der Waals surface area contributed by atoms with Gasteiger partial charge in [-0.3, -0.25) is 0 Å². The summed E-state index contributed by atoms with van der Waals surface area (Å²) in [6.45, 7) is -0.00863. The molecule has 2 atom stereocenters. The number of aliphatic hydroxyl groups is 3. The first-order valence-electron chi connectivity index (χ1n) is 7.64. The maximum absolute atomic E-state index is 10.2. The number of hydrogen-bond donors (Lipinski definition) is 3. The monoisotopic (exact) mass is 294 g/mol. The highest BCUT2D eigenvalue weighted by Crippen LogP contribution is 2.38. The van der Waals surface area contributed by atoms with Crippen molar-refractivity contribution >= 4 is 21.5 Å². The molecule has 22 heavy (non-hydrogen) atoms. The SMILES string of the molecule is OCc1cc2c3c(ccc2c2ccccc12)C(O)C(O)CC3. The van der Waals surface area contributed by atoms with E-state index < -0.39 is 12.2 Å². The van der Waals surface area contributed by atoms with Crippen LogP contribution in [-0.2, 0) is 13.0 Å². The van der Waals surface area contributed by atoms with E-state index in [0.717, 1.165) is 44.7 Å². The summed E-state index contributed by atoms with van der Waals surface area (Å²) < 4.78 is 0. The molecule has 0 heterocycles. The molecular formula is C19H18O3. The second-order valence-corrected chi connectivity index (χ2v) is 6.02.